The van der Waals surface area contributed by atoms with E-state index in [2.05, 4.69) is 23.5 Å². The second-order valence-electron chi connectivity index (χ2n) is 2.84. The van der Waals surface area contributed by atoms with Crippen LogP contribution in [0.25, 0.3) is 5.52 Å². The van der Waals surface area contributed by atoms with Crippen LogP contribution in [0.5, 0.6) is 5.75 Å². The summed E-state index contributed by atoms with van der Waals surface area (Å²) in [4.78, 5) is 0. The first-order valence-electron chi connectivity index (χ1n) is 3.93. The Morgan fingerprint density at radius 3 is 2.83 bits per heavy atom. The lowest BCUT2D eigenvalue weighted by Gasteiger charge is -1.97. The highest BCUT2D eigenvalue weighted by Gasteiger charge is 1.99. The molecule has 0 saturated carbocycles. The summed E-state index contributed by atoms with van der Waals surface area (Å²) >= 11 is 0. The third kappa shape index (κ3) is 0.961. The standard InChI is InChI=1S/C10H11NO/c1-8-4-3-5-9-6-10(12-2)7-11(8)9/h3-7H,1-2H3. The van der Waals surface area contributed by atoms with Gasteiger partial charge in [0.1, 0.15) is 5.75 Å². The predicted molar refractivity (Wildman–Crippen MR) is 48.7 cm³/mol. The minimum Gasteiger partial charge on any atom is -0.495 e. The van der Waals surface area contributed by atoms with E-state index in [1.54, 1.807) is 7.11 Å². The Balaban J connectivity index is 2.74. The topological polar surface area (TPSA) is 13.6 Å². The molecule has 0 amide bonds. The number of fused-ring (bicyclic) bond motifs is 1. The van der Waals surface area contributed by atoms with Gasteiger partial charge < -0.3 is 9.14 Å². The molecule has 2 nitrogen and oxygen atoms in total. The van der Waals surface area contributed by atoms with Gasteiger partial charge in [-0.05, 0) is 19.1 Å². The summed E-state index contributed by atoms with van der Waals surface area (Å²) in [6.45, 7) is 2.08. The number of hydrogen-bond acceptors (Lipinski definition) is 1. The molecule has 0 radical (unpaired) electrons. The molecule has 0 aliphatic carbocycles. The van der Waals surface area contributed by atoms with Gasteiger partial charge in [-0.25, -0.2) is 0 Å². The first-order chi connectivity index (χ1) is 5.81. The molecule has 0 aliphatic heterocycles. The fourth-order valence-electron chi connectivity index (χ4n) is 1.37. The van der Waals surface area contributed by atoms with Gasteiger partial charge in [0.2, 0.25) is 0 Å². The van der Waals surface area contributed by atoms with E-state index >= 15 is 0 Å². The average Bonchev–Trinajstić information content (AvgIpc) is 2.49. The molecule has 0 atom stereocenters. The number of methoxy groups -OCH3 is 1. The Bertz CT molecular complexity index is 403. The Morgan fingerprint density at radius 2 is 2.17 bits per heavy atom. The molecule has 0 N–H and O–H groups in total. The van der Waals surface area contributed by atoms with Gasteiger partial charge in [0.15, 0.2) is 0 Å². The molecule has 2 heteroatoms. The van der Waals surface area contributed by atoms with Crippen molar-refractivity contribution in [2.45, 2.75) is 6.92 Å². The van der Waals surface area contributed by atoms with Crippen molar-refractivity contribution in [3.05, 3.63) is 36.2 Å². The van der Waals surface area contributed by atoms with Gasteiger partial charge in [-0.15, -0.1) is 0 Å². The summed E-state index contributed by atoms with van der Waals surface area (Å²) < 4.78 is 7.24. The molecule has 0 bridgehead atoms. The first-order valence-corrected chi connectivity index (χ1v) is 3.93. The number of aromatic nitrogens is 1. The molecule has 2 aromatic heterocycles. The second kappa shape index (κ2) is 2.55. The molecule has 0 fully saturated rings. The van der Waals surface area contributed by atoms with Gasteiger partial charge >= 0.3 is 0 Å². The van der Waals surface area contributed by atoms with Crippen LogP contribution >= 0.6 is 0 Å². The zero-order chi connectivity index (χ0) is 8.55. The van der Waals surface area contributed by atoms with Crippen molar-refractivity contribution < 1.29 is 4.74 Å². The Hall–Kier alpha value is -1.44. The van der Waals surface area contributed by atoms with E-state index in [-0.39, 0.29) is 0 Å². The minimum atomic E-state index is 0.907. The minimum absolute atomic E-state index is 0.907. The quantitative estimate of drug-likeness (QED) is 0.625. The number of ether oxygens (including phenoxy) is 1. The summed E-state index contributed by atoms with van der Waals surface area (Å²) in [6, 6.07) is 8.21. The molecule has 0 saturated heterocycles. The zero-order valence-corrected chi connectivity index (χ0v) is 7.24. The highest BCUT2D eigenvalue weighted by Crippen LogP contribution is 2.17. The molecular formula is C10H11NO. The lowest BCUT2D eigenvalue weighted by molar-refractivity contribution is 0.415. The fourth-order valence-corrected chi connectivity index (χ4v) is 1.37. The van der Waals surface area contributed by atoms with Crippen LogP contribution in [0.4, 0.5) is 0 Å². The molecule has 0 unspecified atom stereocenters. The molecule has 0 spiro atoms. The fraction of sp³-hybridized carbons (Fsp3) is 0.200. The largest absolute Gasteiger partial charge is 0.495 e. The zero-order valence-electron chi connectivity index (χ0n) is 7.24. The Labute approximate surface area is 71.4 Å². The monoisotopic (exact) mass is 161 g/mol. The van der Waals surface area contributed by atoms with Crippen molar-refractivity contribution in [2.24, 2.45) is 0 Å². The van der Waals surface area contributed by atoms with Crippen LogP contribution in [-0.4, -0.2) is 11.5 Å². The third-order valence-electron chi connectivity index (χ3n) is 2.04. The van der Waals surface area contributed by atoms with E-state index in [0.717, 1.165) is 5.75 Å². The summed E-state index contributed by atoms with van der Waals surface area (Å²) in [5, 5.41) is 0. The van der Waals surface area contributed by atoms with Crippen LogP contribution in [0, 0.1) is 6.92 Å². The van der Waals surface area contributed by atoms with E-state index in [1.807, 2.05) is 18.3 Å². The Morgan fingerprint density at radius 1 is 1.33 bits per heavy atom. The molecule has 12 heavy (non-hydrogen) atoms. The van der Waals surface area contributed by atoms with Crippen molar-refractivity contribution in [3.63, 3.8) is 0 Å². The van der Waals surface area contributed by atoms with Crippen LogP contribution in [0.15, 0.2) is 30.5 Å². The Kier molecular flexibility index (Phi) is 1.54. The van der Waals surface area contributed by atoms with E-state index < -0.39 is 0 Å². The molecule has 0 aromatic carbocycles. The molecule has 62 valence electrons. The van der Waals surface area contributed by atoms with Crippen LogP contribution in [0.2, 0.25) is 0 Å². The summed E-state index contributed by atoms with van der Waals surface area (Å²) in [5.74, 6) is 0.907. The maximum atomic E-state index is 5.13. The highest BCUT2D eigenvalue weighted by atomic mass is 16.5. The van der Waals surface area contributed by atoms with E-state index in [1.165, 1.54) is 11.2 Å². The molecule has 2 rings (SSSR count). The third-order valence-corrected chi connectivity index (χ3v) is 2.04. The lowest BCUT2D eigenvalue weighted by atomic mass is 10.3. The highest BCUT2D eigenvalue weighted by molar-refractivity contribution is 5.53. The van der Waals surface area contributed by atoms with Crippen LogP contribution in [0.1, 0.15) is 5.69 Å². The number of nitrogens with zero attached hydrogens (tertiary/aromatic N) is 1. The van der Waals surface area contributed by atoms with E-state index in [9.17, 15) is 0 Å². The number of pyridine rings is 1. The van der Waals surface area contributed by atoms with Gasteiger partial charge in [-0.2, -0.15) is 0 Å². The molecular weight excluding hydrogens is 150 g/mol. The van der Waals surface area contributed by atoms with Crippen molar-refractivity contribution >= 4 is 5.52 Å². The first kappa shape index (κ1) is 7.22. The van der Waals surface area contributed by atoms with Crippen LogP contribution < -0.4 is 4.74 Å². The van der Waals surface area contributed by atoms with Gasteiger partial charge in [0.25, 0.3) is 0 Å². The number of aryl methyl sites for hydroxylation is 1. The normalized spacial score (nSPS) is 10.5. The maximum Gasteiger partial charge on any atom is 0.137 e. The van der Waals surface area contributed by atoms with E-state index in [4.69, 9.17) is 4.74 Å². The van der Waals surface area contributed by atoms with Crippen molar-refractivity contribution in [2.75, 3.05) is 7.11 Å². The van der Waals surface area contributed by atoms with Crippen molar-refractivity contribution in [1.29, 1.82) is 0 Å². The second-order valence-corrected chi connectivity index (χ2v) is 2.84. The molecule has 2 heterocycles. The van der Waals surface area contributed by atoms with E-state index in [0.29, 0.717) is 0 Å². The van der Waals surface area contributed by atoms with Gasteiger partial charge in [-0.3, -0.25) is 0 Å². The maximum absolute atomic E-state index is 5.13. The predicted octanol–water partition coefficient (Wildman–Crippen LogP) is 2.26. The molecule has 2 aromatic rings. The average molecular weight is 161 g/mol. The summed E-state index contributed by atoms with van der Waals surface area (Å²) in [5.41, 5.74) is 2.39. The van der Waals surface area contributed by atoms with Crippen molar-refractivity contribution in [1.82, 2.24) is 4.40 Å². The van der Waals surface area contributed by atoms with Gasteiger partial charge in [0.05, 0.1) is 13.3 Å². The summed E-state index contributed by atoms with van der Waals surface area (Å²) in [7, 11) is 1.68. The van der Waals surface area contributed by atoms with Crippen LogP contribution in [0.3, 0.4) is 0 Å². The molecule has 0 aliphatic rings. The van der Waals surface area contributed by atoms with Gasteiger partial charge in [-0.1, -0.05) is 6.07 Å². The SMILES string of the molecule is COc1cc2cccc(C)n2c1. The summed E-state index contributed by atoms with van der Waals surface area (Å²) in [6.07, 6.45) is 1.99. The van der Waals surface area contributed by atoms with Crippen LogP contribution in [-0.2, 0) is 0 Å². The number of hydrogen-bond donors (Lipinski definition) is 0. The van der Waals surface area contributed by atoms with Crippen molar-refractivity contribution in [3.8, 4) is 5.75 Å². The van der Waals surface area contributed by atoms with Gasteiger partial charge in [0, 0.05) is 17.3 Å². The lowest BCUT2D eigenvalue weighted by Crippen LogP contribution is -1.86. The smallest absolute Gasteiger partial charge is 0.137 e. The number of rotatable bonds is 1.